The van der Waals surface area contributed by atoms with Gasteiger partial charge >= 0.3 is 0 Å². The summed E-state index contributed by atoms with van der Waals surface area (Å²) in [5.41, 5.74) is 4.01. The van der Waals surface area contributed by atoms with Gasteiger partial charge in [-0.2, -0.15) is 0 Å². The summed E-state index contributed by atoms with van der Waals surface area (Å²) in [5.74, 6) is 0. The minimum atomic E-state index is -0.393. The Labute approximate surface area is 234 Å². The maximum absolute atomic E-state index is 11.0. The van der Waals surface area contributed by atoms with Crippen LogP contribution in [0, 0.1) is 10.1 Å². The summed E-state index contributed by atoms with van der Waals surface area (Å²) in [6.45, 7) is 0. The second-order valence-electron chi connectivity index (χ2n) is 8.85. The molecule has 2 unspecified atom stereocenters. The Hall–Kier alpha value is -4.54. The zero-order chi connectivity index (χ0) is 26.8. The van der Waals surface area contributed by atoms with Crippen molar-refractivity contribution in [1.82, 2.24) is 19.9 Å². The first-order valence-corrected chi connectivity index (χ1v) is 13.4. The Kier molecular flexibility index (Phi) is 6.78. The number of nitro benzene ring substituents is 1. The largest absolute Gasteiger partial charge is 0.351 e. The van der Waals surface area contributed by atoms with Gasteiger partial charge in [0.05, 0.1) is 16.7 Å². The summed E-state index contributed by atoms with van der Waals surface area (Å²) >= 11 is 7.44. The first kappa shape index (κ1) is 24.8. The van der Waals surface area contributed by atoms with Crippen molar-refractivity contribution in [1.29, 1.82) is 0 Å². The molecule has 6 rings (SSSR count). The average Bonchev–Trinajstić information content (AvgIpc) is 3.59. The van der Waals surface area contributed by atoms with Crippen LogP contribution >= 0.6 is 24.0 Å². The number of rotatable bonds is 7. The Bertz CT molecular complexity index is 1610. The van der Waals surface area contributed by atoms with E-state index in [0.717, 1.165) is 32.6 Å². The van der Waals surface area contributed by atoms with Crippen LogP contribution in [0.5, 0.6) is 0 Å². The quantitative estimate of drug-likeness (QED) is 0.139. The van der Waals surface area contributed by atoms with E-state index in [9.17, 15) is 10.1 Å². The van der Waals surface area contributed by atoms with Gasteiger partial charge in [0, 0.05) is 63.8 Å². The highest BCUT2D eigenvalue weighted by Crippen LogP contribution is 2.42. The summed E-state index contributed by atoms with van der Waals surface area (Å²) < 4.78 is 2.16. The SMILES string of the molecule is O=[N+]([O-])c1ccc(Sc2ccc(N3C(=S)NC(c4ccccn4)C3c3cccn3-c3ccncc3)cc2)cc1. The minimum Gasteiger partial charge on any atom is -0.351 e. The van der Waals surface area contributed by atoms with Gasteiger partial charge in [0.2, 0.25) is 0 Å². The molecular weight excluding hydrogens is 528 g/mol. The molecule has 0 saturated carbocycles. The van der Waals surface area contributed by atoms with E-state index in [1.54, 1.807) is 42.5 Å². The molecule has 192 valence electrons. The molecule has 8 nitrogen and oxygen atoms in total. The van der Waals surface area contributed by atoms with Gasteiger partial charge in [-0.25, -0.2) is 0 Å². The predicted octanol–water partition coefficient (Wildman–Crippen LogP) is 6.50. The zero-order valence-electron chi connectivity index (χ0n) is 20.5. The van der Waals surface area contributed by atoms with Gasteiger partial charge in [0.15, 0.2) is 5.11 Å². The van der Waals surface area contributed by atoms with Crippen molar-refractivity contribution < 1.29 is 4.92 Å². The van der Waals surface area contributed by atoms with Crippen LogP contribution in [0.3, 0.4) is 0 Å². The number of pyridine rings is 2. The van der Waals surface area contributed by atoms with Gasteiger partial charge in [-0.1, -0.05) is 17.8 Å². The third-order valence-electron chi connectivity index (χ3n) is 6.52. The fourth-order valence-electron chi connectivity index (χ4n) is 4.76. The van der Waals surface area contributed by atoms with Gasteiger partial charge in [0.25, 0.3) is 5.69 Å². The highest BCUT2D eigenvalue weighted by Gasteiger charge is 2.42. The van der Waals surface area contributed by atoms with E-state index in [2.05, 4.69) is 43.0 Å². The lowest BCUT2D eigenvalue weighted by atomic mass is 10.0. The Morgan fingerprint density at radius 3 is 2.23 bits per heavy atom. The van der Waals surface area contributed by atoms with E-state index >= 15 is 0 Å². The molecule has 1 N–H and O–H groups in total. The molecular formula is C29H22N6O2S2. The number of nitro groups is 1. The maximum Gasteiger partial charge on any atom is 0.269 e. The summed E-state index contributed by atoms with van der Waals surface area (Å²) in [5, 5.41) is 15.1. The summed E-state index contributed by atoms with van der Waals surface area (Å²) in [7, 11) is 0. The van der Waals surface area contributed by atoms with Crippen molar-refractivity contribution in [3.63, 3.8) is 0 Å². The summed E-state index contributed by atoms with van der Waals surface area (Å²) in [6.07, 6.45) is 7.41. The molecule has 0 aliphatic carbocycles. The molecule has 5 aromatic rings. The molecule has 2 aromatic carbocycles. The third-order valence-corrected chi connectivity index (χ3v) is 7.85. The molecule has 3 aromatic heterocycles. The number of hydrogen-bond acceptors (Lipinski definition) is 6. The second kappa shape index (κ2) is 10.7. The van der Waals surface area contributed by atoms with E-state index in [1.807, 2.05) is 54.7 Å². The Balaban J connectivity index is 1.35. The van der Waals surface area contributed by atoms with Crippen molar-refractivity contribution in [3.05, 3.63) is 137 Å². The van der Waals surface area contributed by atoms with Crippen LogP contribution in [-0.4, -0.2) is 24.6 Å². The van der Waals surface area contributed by atoms with Crippen molar-refractivity contribution >= 4 is 40.5 Å². The number of thiocarbonyl (C=S) groups is 1. The first-order valence-electron chi connectivity index (χ1n) is 12.2. The normalized spacial score (nSPS) is 16.7. The van der Waals surface area contributed by atoms with Gasteiger partial charge < -0.3 is 14.8 Å². The lowest BCUT2D eigenvalue weighted by Crippen LogP contribution is -2.30. The highest BCUT2D eigenvalue weighted by molar-refractivity contribution is 7.99. The van der Waals surface area contributed by atoms with Gasteiger partial charge in [-0.05, 0) is 85.0 Å². The highest BCUT2D eigenvalue weighted by atomic mass is 32.2. The molecule has 1 saturated heterocycles. The van der Waals surface area contributed by atoms with E-state index < -0.39 is 4.92 Å². The number of anilines is 1. The third kappa shape index (κ3) is 4.99. The monoisotopic (exact) mass is 550 g/mol. The molecule has 0 amide bonds. The van der Waals surface area contributed by atoms with Crippen LogP contribution in [-0.2, 0) is 0 Å². The maximum atomic E-state index is 11.0. The smallest absolute Gasteiger partial charge is 0.269 e. The molecule has 39 heavy (non-hydrogen) atoms. The van der Waals surface area contributed by atoms with Crippen molar-refractivity contribution in [2.24, 2.45) is 0 Å². The molecule has 0 bridgehead atoms. The van der Waals surface area contributed by atoms with Crippen LogP contribution < -0.4 is 10.2 Å². The number of aromatic nitrogens is 3. The molecule has 4 heterocycles. The average molecular weight is 551 g/mol. The number of nitrogens with zero attached hydrogens (tertiary/aromatic N) is 5. The summed E-state index contributed by atoms with van der Waals surface area (Å²) in [6, 6.07) is 28.4. The van der Waals surface area contributed by atoms with Crippen molar-refractivity contribution in [2.45, 2.75) is 21.9 Å². The number of hydrogen-bond donors (Lipinski definition) is 1. The fourth-order valence-corrected chi connectivity index (χ4v) is 5.92. The Morgan fingerprint density at radius 2 is 1.56 bits per heavy atom. The van der Waals surface area contributed by atoms with Gasteiger partial charge in [0.1, 0.15) is 6.04 Å². The van der Waals surface area contributed by atoms with E-state index in [-0.39, 0.29) is 17.8 Å². The molecule has 0 spiro atoms. The number of nitrogens with one attached hydrogen (secondary N) is 1. The molecule has 1 aliphatic heterocycles. The van der Waals surface area contributed by atoms with E-state index in [4.69, 9.17) is 12.2 Å². The molecule has 0 radical (unpaired) electrons. The zero-order valence-corrected chi connectivity index (χ0v) is 22.1. The van der Waals surface area contributed by atoms with E-state index in [0.29, 0.717) is 5.11 Å². The standard InChI is InChI=1S/C29H22N6O2S2/c36-35(37)22-8-12-24(13-9-22)39-23-10-6-21(7-11-23)34-28(27(32-29(34)38)25-4-1-2-16-31-25)26-5-3-19-33(26)20-14-17-30-18-15-20/h1-19,27-28H,(H,32,38). The van der Waals surface area contributed by atoms with Gasteiger partial charge in [-0.3, -0.25) is 20.1 Å². The Morgan fingerprint density at radius 1 is 0.846 bits per heavy atom. The fraction of sp³-hybridized carbons (Fsp3) is 0.0690. The first-order chi connectivity index (χ1) is 19.1. The van der Waals surface area contributed by atoms with Crippen LogP contribution in [0.15, 0.2) is 126 Å². The lowest BCUT2D eigenvalue weighted by molar-refractivity contribution is -0.384. The van der Waals surface area contributed by atoms with Gasteiger partial charge in [-0.15, -0.1) is 0 Å². The van der Waals surface area contributed by atoms with Crippen LogP contribution in [0.25, 0.3) is 5.69 Å². The van der Waals surface area contributed by atoms with Crippen LogP contribution in [0.1, 0.15) is 23.5 Å². The topological polar surface area (TPSA) is 89.1 Å². The number of non-ortho nitro benzene ring substituents is 1. The van der Waals surface area contributed by atoms with Crippen molar-refractivity contribution in [3.8, 4) is 5.69 Å². The minimum absolute atomic E-state index is 0.0785. The molecule has 1 fully saturated rings. The second-order valence-corrected chi connectivity index (χ2v) is 10.4. The van der Waals surface area contributed by atoms with E-state index in [1.165, 1.54) is 12.1 Å². The molecule has 1 aliphatic rings. The van der Waals surface area contributed by atoms with Crippen LogP contribution in [0.4, 0.5) is 11.4 Å². The number of benzene rings is 2. The molecule has 2 atom stereocenters. The lowest BCUT2D eigenvalue weighted by Gasteiger charge is -2.29. The molecule has 10 heteroatoms. The van der Waals surface area contributed by atoms with Crippen molar-refractivity contribution in [2.75, 3.05) is 4.90 Å². The summed E-state index contributed by atoms with van der Waals surface area (Å²) in [4.78, 5) is 23.5. The predicted molar refractivity (Wildman–Crippen MR) is 155 cm³/mol. The van der Waals surface area contributed by atoms with Crippen LogP contribution in [0.2, 0.25) is 0 Å².